The lowest BCUT2D eigenvalue weighted by Gasteiger charge is -2.21. The number of carbonyl (C=O) groups excluding carboxylic acids is 1. The van der Waals surface area contributed by atoms with Crippen LogP contribution in [0.25, 0.3) is 0 Å². The van der Waals surface area contributed by atoms with Crippen molar-refractivity contribution in [1.29, 1.82) is 0 Å². The van der Waals surface area contributed by atoms with Gasteiger partial charge in [0.2, 0.25) is 0 Å². The normalized spacial score (nSPS) is 10.1. The van der Waals surface area contributed by atoms with Crippen molar-refractivity contribution in [1.82, 2.24) is 10.4 Å². The Balaban J connectivity index is 1.99. The van der Waals surface area contributed by atoms with Gasteiger partial charge >= 0.3 is 6.03 Å². The maximum Gasteiger partial charge on any atom is 0.341 e. The first-order valence-electron chi connectivity index (χ1n) is 6.49. The van der Waals surface area contributed by atoms with Crippen molar-refractivity contribution >= 4 is 6.03 Å². The highest BCUT2D eigenvalue weighted by Gasteiger charge is 2.13. The van der Waals surface area contributed by atoms with Gasteiger partial charge < -0.3 is 5.32 Å². The summed E-state index contributed by atoms with van der Waals surface area (Å²) in [4.78, 5) is 17.4. The molecule has 0 bridgehead atoms. The van der Waals surface area contributed by atoms with Crippen LogP contribution in [-0.4, -0.2) is 18.1 Å². The molecule has 2 aromatic carbocycles. The van der Waals surface area contributed by atoms with Gasteiger partial charge in [0, 0.05) is 7.05 Å². The fourth-order valence-electron chi connectivity index (χ4n) is 1.78. The third-order valence-corrected chi connectivity index (χ3v) is 2.84. The van der Waals surface area contributed by atoms with Gasteiger partial charge in [0.1, 0.15) is 6.61 Å². The highest BCUT2D eigenvalue weighted by molar-refractivity contribution is 5.72. The molecule has 2 aromatic rings. The van der Waals surface area contributed by atoms with Gasteiger partial charge in [-0.25, -0.2) is 4.79 Å². The molecular formula is C16H18N2O2. The zero-order valence-corrected chi connectivity index (χ0v) is 11.5. The highest BCUT2D eigenvalue weighted by atomic mass is 16.7. The molecule has 0 fully saturated rings. The molecule has 2 amide bonds. The summed E-state index contributed by atoms with van der Waals surface area (Å²) in [6.45, 7) is 0.772. The number of hydrogen-bond acceptors (Lipinski definition) is 2. The van der Waals surface area contributed by atoms with Crippen LogP contribution in [0.4, 0.5) is 4.79 Å². The van der Waals surface area contributed by atoms with E-state index in [4.69, 9.17) is 4.84 Å². The van der Waals surface area contributed by atoms with Crippen molar-refractivity contribution in [2.45, 2.75) is 13.2 Å². The van der Waals surface area contributed by atoms with Crippen molar-refractivity contribution in [3.05, 3.63) is 71.8 Å². The minimum atomic E-state index is -0.259. The Labute approximate surface area is 118 Å². The van der Waals surface area contributed by atoms with E-state index in [0.29, 0.717) is 13.2 Å². The van der Waals surface area contributed by atoms with Crippen molar-refractivity contribution in [3.63, 3.8) is 0 Å². The molecule has 0 saturated carbocycles. The summed E-state index contributed by atoms with van der Waals surface area (Å²) in [6.07, 6.45) is 0. The predicted octanol–water partition coefficient (Wildman–Crippen LogP) is 2.96. The largest absolute Gasteiger partial charge is 0.341 e. The molecule has 0 radical (unpaired) electrons. The molecule has 2 rings (SSSR count). The second-order valence-electron chi connectivity index (χ2n) is 4.34. The van der Waals surface area contributed by atoms with Gasteiger partial charge in [-0.05, 0) is 11.1 Å². The van der Waals surface area contributed by atoms with Crippen LogP contribution >= 0.6 is 0 Å². The van der Waals surface area contributed by atoms with Gasteiger partial charge in [-0.2, -0.15) is 5.06 Å². The predicted molar refractivity (Wildman–Crippen MR) is 77.7 cm³/mol. The fourth-order valence-corrected chi connectivity index (χ4v) is 1.78. The Morgan fingerprint density at radius 3 is 2.10 bits per heavy atom. The summed E-state index contributed by atoms with van der Waals surface area (Å²) in [5, 5.41) is 3.92. The first-order valence-corrected chi connectivity index (χ1v) is 6.49. The van der Waals surface area contributed by atoms with Crippen molar-refractivity contribution < 1.29 is 9.63 Å². The van der Waals surface area contributed by atoms with Crippen molar-refractivity contribution in [2.75, 3.05) is 7.05 Å². The molecule has 0 heterocycles. The smallest absolute Gasteiger partial charge is 0.339 e. The Kier molecular flexibility index (Phi) is 5.15. The van der Waals surface area contributed by atoms with E-state index in [-0.39, 0.29) is 6.03 Å². The van der Waals surface area contributed by atoms with Crippen LogP contribution in [0.2, 0.25) is 0 Å². The zero-order valence-electron chi connectivity index (χ0n) is 11.5. The average Bonchev–Trinajstić information content (AvgIpc) is 2.52. The number of hydrogen-bond donors (Lipinski definition) is 1. The standard InChI is InChI=1S/C16H18N2O2/c1-17-16(19)18(12-14-8-4-2-5-9-14)20-13-15-10-6-3-7-11-15/h2-11H,12-13H2,1H3,(H,17,19). The molecule has 1 N–H and O–H groups in total. The van der Waals surface area contributed by atoms with Crippen molar-refractivity contribution in [2.24, 2.45) is 0 Å². The Morgan fingerprint density at radius 2 is 1.55 bits per heavy atom. The highest BCUT2D eigenvalue weighted by Crippen LogP contribution is 2.08. The first-order chi connectivity index (χ1) is 9.79. The second-order valence-corrected chi connectivity index (χ2v) is 4.34. The number of nitrogens with one attached hydrogen (secondary N) is 1. The molecular weight excluding hydrogens is 252 g/mol. The lowest BCUT2D eigenvalue weighted by molar-refractivity contribution is -0.134. The number of carbonyl (C=O) groups is 1. The van der Waals surface area contributed by atoms with Gasteiger partial charge in [-0.1, -0.05) is 60.7 Å². The van der Waals surface area contributed by atoms with Crippen LogP contribution in [-0.2, 0) is 18.0 Å². The number of urea groups is 1. The molecule has 0 atom stereocenters. The Bertz CT molecular complexity index is 529. The molecule has 0 aliphatic carbocycles. The zero-order chi connectivity index (χ0) is 14.2. The van der Waals surface area contributed by atoms with E-state index in [1.54, 1.807) is 7.05 Å². The molecule has 0 spiro atoms. The van der Waals surface area contributed by atoms with Gasteiger partial charge in [0.05, 0.1) is 6.54 Å². The monoisotopic (exact) mass is 270 g/mol. The number of rotatable bonds is 5. The van der Waals surface area contributed by atoms with E-state index in [1.807, 2.05) is 60.7 Å². The third kappa shape index (κ3) is 4.10. The molecule has 4 heteroatoms. The van der Waals surface area contributed by atoms with E-state index >= 15 is 0 Å². The lowest BCUT2D eigenvalue weighted by atomic mass is 10.2. The van der Waals surface area contributed by atoms with E-state index in [0.717, 1.165) is 11.1 Å². The van der Waals surface area contributed by atoms with Crippen LogP contribution in [0.15, 0.2) is 60.7 Å². The average molecular weight is 270 g/mol. The Hall–Kier alpha value is -2.33. The molecule has 4 nitrogen and oxygen atoms in total. The molecule has 0 unspecified atom stereocenters. The number of nitrogens with zero attached hydrogens (tertiary/aromatic N) is 1. The minimum Gasteiger partial charge on any atom is -0.339 e. The van der Waals surface area contributed by atoms with Crippen LogP contribution in [0, 0.1) is 0 Å². The van der Waals surface area contributed by atoms with E-state index in [1.165, 1.54) is 5.06 Å². The molecule has 104 valence electrons. The molecule has 0 saturated heterocycles. The minimum absolute atomic E-state index is 0.259. The summed E-state index contributed by atoms with van der Waals surface area (Å²) in [7, 11) is 1.59. The van der Waals surface area contributed by atoms with E-state index < -0.39 is 0 Å². The number of amides is 2. The summed E-state index contributed by atoms with van der Waals surface area (Å²) in [5.41, 5.74) is 2.04. The summed E-state index contributed by atoms with van der Waals surface area (Å²) in [6, 6.07) is 19.2. The van der Waals surface area contributed by atoms with Crippen LogP contribution in [0.3, 0.4) is 0 Å². The van der Waals surface area contributed by atoms with E-state index in [2.05, 4.69) is 5.32 Å². The van der Waals surface area contributed by atoms with Gasteiger partial charge in [-0.15, -0.1) is 0 Å². The topological polar surface area (TPSA) is 41.6 Å². The van der Waals surface area contributed by atoms with Gasteiger partial charge in [0.15, 0.2) is 0 Å². The summed E-state index contributed by atoms with van der Waals surface area (Å²) < 4.78 is 0. The summed E-state index contributed by atoms with van der Waals surface area (Å²) in [5.74, 6) is 0. The molecule has 0 aromatic heterocycles. The Morgan fingerprint density at radius 1 is 1.00 bits per heavy atom. The SMILES string of the molecule is CNC(=O)N(Cc1ccccc1)OCc1ccccc1. The maximum atomic E-state index is 11.8. The second kappa shape index (κ2) is 7.31. The fraction of sp³-hybridized carbons (Fsp3) is 0.188. The molecule has 0 aliphatic rings. The number of benzene rings is 2. The van der Waals surface area contributed by atoms with Gasteiger partial charge in [-0.3, -0.25) is 4.84 Å². The summed E-state index contributed by atoms with van der Waals surface area (Å²) >= 11 is 0. The quantitative estimate of drug-likeness (QED) is 0.849. The lowest BCUT2D eigenvalue weighted by Crippen LogP contribution is -2.37. The van der Waals surface area contributed by atoms with Crippen molar-refractivity contribution in [3.8, 4) is 0 Å². The first kappa shape index (κ1) is 14.1. The number of hydroxylamine groups is 2. The molecule has 0 aliphatic heterocycles. The van der Waals surface area contributed by atoms with Crippen LogP contribution in [0.1, 0.15) is 11.1 Å². The maximum absolute atomic E-state index is 11.8. The van der Waals surface area contributed by atoms with Crippen LogP contribution < -0.4 is 5.32 Å². The van der Waals surface area contributed by atoms with Crippen LogP contribution in [0.5, 0.6) is 0 Å². The molecule has 20 heavy (non-hydrogen) atoms. The van der Waals surface area contributed by atoms with Gasteiger partial charge in [0.25, 0.3) is 0 Å². The van der Waals surface area contributed by atoms with E-state index in [9.17, 15) is 4.79 Å². The third-order valence-electron chi connectivity index (χ3n) is 2.84.